The Morgan fingerprint density at radius 2 is 1.85 bits per heavy atom. The van der Waals surface area contributed by atoms with Crippen molar-refractivity contribution in [1.82, 2.24) is 25.6 Å². The molecule has 0 saturated heterocycles. The number of nitrogens with zero attached hydrogens (tertiary/aromatic N) is 4. The average Bonchev–Trinajstić information content (AvgIpc) is 3.00. The highest BCUT2D eigenvalue weighted by molar-refractivity contribution is 5.69. The van der Waals surface area contributed by atoms with Gasteiger partial charge in [0.1, 0.15) is 0 Å². The van der Waals surface area contributed by atoms with Crippen molar-refractivity contribution in [2.45, 2.75) is 19.8 Å². The molecule has 0 bridgehead atoms. The van der Waals surface area contributed by atoms with Crippen molar-refractivity contribution in [2.75, 3.05) is 0 Å². The smallest absolute Gasteiger partial charge is 0.388 e. The number of aromatic nitrogens is 2. The second-order valence-electron chi connectivity index (χ2n) is 5.27. The molecule has 0 spiro atoms. The predicted octanol–water partition coefficient (Wildman–Crippen LogP) is 2.23. The summed E-state index contributed by atoms with van der Waals surface area (Å²) in [5.74, 6) is 4.81. The molecular formula is C15H14F4N6O2. The lowest BCUT2D eigenvalue weighted by molar-refractivity contribution is -0.0530. The van der Waals surface area contributed by atoms with Crippen LogP contribution in [-0.4, -0.2) is 33.3 Å². The minimum absolute atomic E-state index is 0.169. The summed E-state index contributed by atoms with van der Waals surface area (Å²) in [7, 11) is 0. The first-order chi connectivity index (χ1) is 12.9. The molecule has 0 atom stereocenters. The van der Waals surface area contributed by atoms with Crippen molar-refractivity contribution in [3.8, 4) is 22.9 Å². The fourth-order valence-electron chi connectivity index (χ4n) is 2.35. The van der Waals surface area contributed by atoms with E-state index in [0.29, 0.717) is 12.1 Å². The number of hydrogen-bond donors (Lipinski definition) is 2. The highest BCUT2D eigenvalue weighted by Crippen LogP contribution is 2.32. The molecule has 144 valence electrons. The molecule has 27 heavy (non-hydrogen) atoms. The van der Waals surface area contributed by atoms with Gasteiger partial charge in [0.15, 0.2) is 0 Å². The standard InChI is InChI=1S/C15H14F4N6O2/c16-14(17)26-12-6-10(1-2-21-12)11-5-9(7-22-13(11)27-15(18)19)8-24-3-4-25(20)23-24/h1-7,14-15,23H,8,20H2. The SMILES string of the molecule is NN1C=CN(Cc2cnc(OC(F)F)c(-c3ccnc(OC(F)F)c3)c2)N1. The number of hydrazine groups is 3. The Balaban J connectivity index is 1.92. The normalized spacial score (nSPS) is 13.7. The monoisotopic (exact) mass is 386 g/mol. The Morgan fingerprint density at radius 1 is 1.07 bits per heavy atom. The molecule has 1 aliphatic heterocycles. The van der Waals surface area contributed by atoms with Gasteiger partial charge >= 0.3 is 13.2 Å². The third-order valence-corrected chi connectivity index (χ3v) is 3.37. The average molecular weight is 386 g/mol. The van der Waals surface area contributed by atoms with E-state index in [-0.39, 0.29) is 22.9 Å². The molecule has 3 heterocycles. The highest BCUT2D eigenvalue weighted by Gasteiger charge is 2.17. The number of halogens is 4. The number of rotatable bonds is 7. The van der Waals surface area contributed by atoms with Gasteiger partial charge in [-0.3, -0.25) is 5.01 Å². The summed E-state index contributed by atoms with van der Waals surface area (Å²) in [5, 5.41) is 2.84. The maximum Gasteiger partial charge on any atom is 0.388 e. The highest BCUT2D eigenvalue weighted by atomic mass is 19.3. The number of ether oxygens (including phenoxy) is 2. The minimum atomic E-state index is -3.10. The zero-order chi connectivity index (χ0) is 19.4. The van der Waals surface area contributed by atoms with Gasteiger partial charge in [-0.25, -0.2) is 20.9 Å². The number of hydrogen-bond acceptors (Lipinski definition) is 8. The Hall–Kier alpha value is -3.12. The Kier molecular flexibility index (Phi) is 5.57. The Labute approximate surface area is 150 Å². The lowest BCUT2D eigenvalue weighted by atomic mass is 10.1. The first-order valence-electron chi connectivity index (χ1n) is 7.51. The second kappa shape index (κ2) is 8.05. The van der Waals surface area contributed by atoms with Crippen molar-refractivity contribution in [1.29, 1.82) is 0 Å². The second-order valence-corrected chi connectivity index (χ2v) is 5.27. The molecule has 3 rings (SSSR count). The van der Waals surface area contributed by atoms with Gasteiger partial charge in [0, 0.05) is 30.2 Å². The van der Waals surface area contributed by atoms with Crippen molar-refractivity contribution < 1.29 is 27.0 Å². The van der Waals surface area contributed by atoms with Crippen LogP contribution in [0.3, 0.4) is 0 Å². The van der Waals surface area contributed by atoms with Gasteiger partial charge in [0.25, 0.3) is 0 Å². The van der Waals surface area contributed by atoms with Gasteiger partial charge in [0.05, 0.1) is 12.7 Å². The van der Waals surface area contributed by atoms with Crippen LogP contribution >= 0.6 is 0 Å². The van der Waals surface area contributed by atoms with Crippen LogP contribution in [0.2, 0.25) is 0 Å². The minimum Gasteiger partial charge on any atom is -0.417 e. The molecule has 0 amide bonds. The molecule has 0 saturated carbocycles. The quantitative estimate of drug-likeness (QED) is 0.553. The Bertz CT molecular complexity index is 823. The molecule has 8 nitrogen and oxygen atoms in total. The van der Waals surface area contributed by atoms with Crippen LogP contribution in [0.25, 0.3) is 11.1 Å². The van der Waals surface area contributed by atoms with Gasteiger partial charge in [-0.1, -0.05) is 0 Å². The summed E-state index contributed by atoms with van der Waals surface area (Å²) < 4.78 is 58.9. The summed E-state index contributed by atoms with van der Waals surface area (Å²) >= 11 is 0. The van der Waals surface area contributed by atoms with Gasteiger partial charge in [0.2, 0.25) is 11.8 Å². The number of nitrogens with one attached hydrogen (secondary N) is 1. The zero-order valence-corrected chi connectivity index (χ0v) is 13.6. The van der Waals surface area contributed by atoms with Crippen LogP contribution in [0, 0.1) is 0 Å². The lowest BCUT2D eigenvalue weighted by Crippen LogP contribution is -2.42. The van der Waals surface area contributed by atoms with E-state index in [4.69, 9.17) is 5.84 Å². The van der Waals surface area contributed by atoms with E-state index in [2.05, 4.69) is 25.0 Å². The van der Waals surface area contributed by atoms with Crippen molar-refractivity contribution in [2.24, 2.45) is 5.84 Å². The van der Waals surface area contributed by atoms with Crippen LogP contribution < -0.4 is 20.9 Å². The molecule has 0 unspecified atom stereocenters. The molecule has 1 aliphatic rings. The van der Waals surface area contributed by atoms with E-state index >= 15 is 0 Å². The topological polar surface area (TPSA) is 88.8 Å². The summed E-state index contributed by atoms with van der Waals surface area (Å²) in [5.41, 5.74) is 3.84. The van der Waals surface area contributed by atoms with Crippen LogP contribution in [-0.2, 0) is 6.54 Å². The van der Waals surface area contributed by atoms with E-state index in [1.807, 2.05) is 0 Å². The molecule has 2 aromatic rings. The fraction of sp³-hybridized carbons (Fsp3) is 0.200. The molecular weight excluding hydrogens is 372 g/mol. The van der Waals surface area contributed by atoms with Gasteiger partial charge in [-0.2, -0.15) is 17.6 Å². The molecule has 2 aromatic heterocycles. The molecule has 12 heteroatoms. The maximum absolute atomic E-state index is 12.7. The third-order valence-electron chi connectivity index (χ3n) is 3.37. The predicted molar refractivity (Wildman–Crippen MR) is 84.6 cm³/mol. The van der Waals surface area contributed by atoms with Crippen LogP contribution in [0.4, 0.5) is 17.6 Å². The number of alkyl halides is 4. The summed E-state index contributed by atoms with van der Waals surface area (Å²) in [6, 6.07) is 4.16. The van der Waals surface area contributed by atoms with Crippen molar-refractivity contribution >= 4 is 0 Å². The van der Waals surface area contributed by atoms with Crippen LogP contribution in [0.1, 0.15) is 5.56 Å². The largest absolute Gasteiger partial charge is 0.417 e. The van der Waals surface area contributed by atoms with Crippen LogP contribution in [0.15, 0.2) is 43.0 Å². The maximum atomic E-state index is 12.7. The van der Waals surface area contributed by atoms with Crippen molar-refractivity contribution in [3.63, 3.8) is 0 Å². The van der Waals surface area contributed by atoms with E-state index in [0.717, 1.165) is 0 Å². The van der Waals surface area contributed by atoms with Crippen molar-refractivity contribution in [3.05, 3.63) is 48.6 Å². The first-order valence-corrected chi connectivity index (χ1v) is 7.51. The molecule has 0 radical (unpaired) electrons. The summed E-state index contributed by atoms with van der Waals surface area (Å²) in [6.45, 7) is -5.87. The van der Waals surface area contributed by atoms with Gasteiger partial charge in [-0.05, 0) is 23.3 Å². The van der Waals surface area contributed by atoms with E-state index in [9.17, 15) is 17.6 Å². The number of pyridine rings is 2. The number of nitrogens with two attached hydrogens (primary N) is 1. The van der Waals surface area contributed by atoms with E-state index < -0.39 is 13.2 Å². The first kappa shape index (κ1) is 18.7. The Morgan fingerprint density at radius 3 is 2.52 bits per heavy atom. The van der Waals surface area contributed by atoms with E-state index in [1.165, 1.54) is 29.6 Å². The van der Waals surface area contributed by atoms with E-state index in [1.54, 1.807) is 23.5 Å². The summed E-state index contributed by atoms with van der Waals surface area (Å²) in [6.07, 6.45) is 5.79. The van der Waals surface area contributed by atoms with Crippen LogP contribution in [0.5, 0.6) is 11.8 Å². The molecule has 0 aromatic carbocycles. The zero-order valence-electron chi connectivity index (χ0n) is 13.6. The molecule has 0 fully saturated rings. The lowest BCUT2D eigenvalue weighted by Gasteiger charge is -2.19. The molecule has 0 aliphatic carbocycles. The van der Waals surface area contributed by atoms with Gasteiger partial charge < -0.3 is 9.47 Å². The summed E-state index contributed by atoms with van der Waals surface area (Å²) in [4.78, 5) is 7.56. The molecule has 3 N–H and O–H groups in total. The third kappa shape index (κ3) is 4.95. The fourth-order valence-corrected chi connectivity index (χ4v) is 2.35. The van der Waals surface area contributed by atoms with Gasteiger partial charge in [-0.15, -0.1) is 5.53 Å².